The van der Waals surface area contributed by atoms with E-state index in [1.165, 1.54) is 48.1 Å². The van der Waals surface area contributed by atoms with E-state index in [1.807, 2.05) is 0 Å². The molecule has 0 N–H and O–H groups in total. The Morgan fingerprint density at radius 2 is 1.72 bits per heavy atom. The van der Waals surface area contributed by atoms with Crippen molar-refractivity contribution in [2.75, 3.05) is 0 Å². The van der Waals surface area contributed by atoms with Gasteiger partial charge in [-0.1, -0.05) is 45.7 Å². The van der Waals surface area contributed by atoms with Gasteiger partial charge in [-0.15, -0.1) is 0 Å². The standard InChI is InChI=1S/C24H34N/c1-6-9-10-13-19-15-16-21-20(18-19)22-14-11-12-17-25(22)24(5,8-3)23(21,4)7-2/h11-12,14-18H,6-10,13H2,1-5H3/q+1. The number of nitrogens with zero attached hydrogens (tertiary/aromatic N) is 1. The topological polar surface area (TPSA) is 3.88 Å². The van der Waals surface area contributed by atoms with Gasteiger partial charge in [0.15, 0.2) is 11.7 Å². The van der Waals surface area contributed by atoms with Crippen molar-refractivity contribution in [1.82, 2.24) is 0 Å². The zero-order chi connectivity index (χ0) is 18.1. The van der Waals surface area contributed by atoms with Gasteiger partial charge in [-0.25, -0.2) is 0 Å². The van der Waals surface area contributed by atoms with Crippen LogP contribution < -0.4 is 4.57 Å². The second-order valence-corrected chi connectivity index (χ2v) is 8.11. The molecule has 0 radical (unpaired) electrons. The van der Waals surface area contributed by atoms with E-state index < -0.39 is 0 Å². The van der Waals surface area contributed by atoms with Crippen LogP contribution in [0.1, 0.15) is 77.8 Å². The molecule has 0 amide bonds. The molecule has 25 heavy (non-hydrogen) atoms. The summed E-state index contributed by atoms with van der Waals surface area (Å²) in [4.78, 5) is 0. The molecule has 1 heteroatoms. The van der Waals surface area contributed by atoms with Crippen LogP contribution in [-0.2, 0) is 17.4 Å². The molecule has 3 rings (SSSR count). The van der Waals surface area contributed by atoms with Crippen LogP contribution in [0.15, 0.2) is 42.6 Å². The summed E-state index contributed by atoms with van der Waals surface area (Å²) >= 11 is 0. The summed E-state index contributed by atoms with van der Waals surface area (Å²) in [5.41, 5.74) is 6.11. The molecular formula is C24H34N+. The molecule has 1 nitrogen and oxygen atoms in total. The van der Waals surface area contributed by atoms with Gasteiger partial charge in [-0.05, 0) is 49.4 Å². The number of pyridine rings is 1. The molecule has 2 atom stereocenters. The van der Waals surface area contributed by atoms with Crippen LogP contribution in [-0.4, -0.2) is 0 Å². The Balaban J connectivity index is 2.18. The van der Waals surface area contributed by atoms with E-state index in [9.17, 15) is 0 Å². The Morgan fingerprint density at radius 3 is 2.40 bits per heavy atom. The molecule has 1 aromatic carbocycles. The van der Waals surface area contributed by atoms with E-state index in [0.29, 0.717) is 0 Å². The second-order valence-electron chi connectivity index (χ2n) is 8.11. The van der Waals surface area contributed by atoms with Crippen molar-refractivity contribution in [2.45, 2.75) is 84.1 Å². The van der Waals surface area contributed by atoms with Crippen LogP contribution in [0.5, 0.6) is 0 Å². The Labute approximate surface area is 154 Å². The largest absolute Gasteiger partial charge is 0.213 e. The van der Waals surface area contributed by atoms with Crippen molar-refractivity contribution in [3.63, 3.8) is 0 Å². The average Bonchev–Trinajstić information content (AvgIpc) is 2.66. The number of rotatable bonds is 6. The van der Waals surface area contributed by atoms with Gasteiger partial charge in [-0.3, -0.25) is 0 Å². The fourth-order valence-corrected chi connectivity index (χ4v) is 4.80. The average molecular weight is 337 g/mol. The van der Waals surface area contributed by atoms with Gasteiger partial charge < -0.3 is 0 Å². The van der Waals surface area contributed by atoms with Crippen molar-refractivity contribution in [3.8, 4) is 11.3 Å². The molecule has 1 aliphatic heterocycles. The summed E-state index contributed by atoms with van der Waals surface area (Å²) in [6.07, 6.45) is 9.68. The Morgan fingerprint density at radius 1 is 0.920 bits per heavy atom. The van der Waals surface area contributed by atoms with E-state index in [0.717, 1.165) is 12.8 Å². The zero-order valence-corrected chi connectivity index (χ0v) is 16.7. The Hall–Kier alpha value is -1.63. The van der Waals surface area contributed by atoms with E-state index in [-0.39, 0.29) is 11.0 Å². The number of benzene rings is 1. The summed E-state index contributed by atoms with van der Waals surface area (Å²) in [5.74, 6) is 0. The van der Waals surface area contributed by atoms with Crippen molar-refractivity contribution < 1.29 is 4.57 Å². The van der Waals surface area contributed by atoms with Crippen LogP contribution >= 0.6 is 0 Å². The summed E-state index contributed by atoms with van der Waals surface area (Å²) < 4.78 is 2.55. The van der Waals surface area contributed by atoms with Crippen LogP contribution in [0.2, 0.25) is 0 Å². The molecule has 2 heterocycles. The van der Waals surface area contributed by atoms with Crippen LogP contribution in [0.4, 0.5) is 0 Å². The maximum absolute atomic E-state index is 2.55. The third-order valence-corrected chi connectivity index (χ3v) is 7.00. The van der Waals surface area contributed by atoms with E-state index in [1.54, 1.807) is 0 Å². The zero-order valence-electron chi connectivity index (χ0n) is 16.7. The number of hydrogen-bond acceptors (Lipinski definition) is 0. The lowest BCUT2D eigenvalue weighted by atomic mass is 9.60. The smallest absolute Gasteiger partial charge is 0.192 e. The van der Waals surface area contributed by atoms with E-state index in [2.05, 4.69) is 81.8 Å². The number of unbranched alkanes of at least 4 members (excludes halogenated alkanes) is 2. The van der Waals surface area contributed by atoms with Crippen LogP contribution in [0.3, 0.4) is 0 Å². The number of aryl methyl sites for hydroxylation is 1. The van der Waals surface area contributed by atoms with Crippen molar-refractivity contribution in [3.05, 3.63) is 53.7 Å². The highest BCUT2D eigenvalue weighted by molar-refractivity contribution is 5.66. The predicted octanol–water partition coefficient (Wildman–Crippen LogP) is 6.18. The summed E-state index contributed by atoms with van der Waals surface area (Å²) in [6, 6.07) is 14.0. The van der Waals surface area contributed by atoms with Gasteiger partial charge in [-0.2, -0.15) is 4.57 Å². The molecule has 2 aromatic rings. The summed E-state index contributed by atoms with van der Waals surface area (Å²) in [7, 11) is 0. The quantitative estimate of drug-likeness (QED) is 0.438. The first-order chi connectivity index (χ1) is 12.0. The molecule has 0 saturated heterocycles. The Bertz CT molecular complexity index is 748. The normalized spacial score (nSPS) is 24.7. The lowest BCUT2D eigenvalue weighted by molar-refractivity contribution is -0.765. The number of fused-ring (bicyclic) bond motifs is 3. The van der Waals surface area contributed by atoms with Gasteiger partial charge in [0.05, 0.1) is 11.0 Å². The van der Waals surface area contributed by atoms with Gasteiger partial charge in [0.2, 0.25) is 5.69 Å². The first-order valence-electron chi connectivity index (χ1n) is 10.2. The SMILES string of the molecule is CCCCCc1ccc2c(c1)-c1cccc[n+]1C(C)(CC)C2(C)CC. The molecule has 0 aliphatic carbocycles. The lowest BCUT2D eigenvalue weighted by Crippen LogP contribution is -2.67. The minimum Gasteiger partial charge on any atom is -0.192 e. The first kappa shape index (κ1) is 18.2. The Kier molecular flexibility index (Phi) is 5.04. The maximum Gasteiger partial charge on any atom is 0.213 e. The molecule has 0 fully saturated rings. The number of hydrogen-bond donors (Lipinski definition) is 0. The van der Waals surface area contributed by atoms with E-state index >= 15 is 0 Å². The molecule has 0 spiro atoms. The fourth-order valence-electron chi connectivity index (χ4n) is 4.80. The minimum absolute atomic E-state index is 0.106. The van der Waals surface area contributed by atoms with E-state index in [4.69, 9.17) is 0 Å². The van der Waals surface area contributed by atoms with Crippen molar-refractivity contribution in [1.29, 1.82) is 0 Å². The first-order valence-corrected chi connectivity index (χ1v) is 10.2. The molecule has 1 aromatic heterocycles. The summed E-state index contributed by atoms with van der Waals surface area (Å²) in [5, 5.41) is 0. The van der Waals surface area contributed by atoms with Crippen molar-refractivity contribution >= 4 is 0 Å². The summed E-state index contributed by atoms with van der Waals surface area (Å²) in [6.45, 7) is 11.9. The molecule has 1 aliphatic rings. The number of aromatic nitrogens is 1. The monoisotopic (exact) mass is 336 g/mol. The third kappa shape index (κ3) is 2.72. The minimum atomic E-state index is 0.106. The molecular weight excluding hydrogens is 302 g/mol. The third-order valence-electron chi connectivity index (χ3n) is 7.00. The lowest BCUT2D eigenvalue weighted by Gasteiger charge is -2.46. The van der Waals surface area contributed by atoms with Gasteiger partial charge in [0, 0.05) is 25.5 Å². The highest BCUT2D eigenvalue weighted by Gasteiger charge is 2.56. The van der Waals surface area contributed by atoms with Crippen molar-refractivity contribution in [2.24, 2.45) is 0 Å². The van der Waals surface area contributed by atoms with Gasteiger partial charge in [0.25, 0.3) is 0 Å². The highest BCUT2D eigenvalue weighted by Crippen LogP contribution is 2.49. The predicted molar refractivity (Wildman–Crippen MR) is 107 cm³/mol. The van der Waals surface area contributed by atoms with Crippen LogP contribution in [0, 0.1) is 0 Å². The van der Waals surface area contributed by atoms with Crippen LogP contribution in [0.25, 0.3) is 11.3 Å². The van der Waals surface area contributed by atoms with Gasteiger partial charge >= 0.3 is 0 Å². The highest BCUT2D eigenvalue weighted by atomic mass is 15.1. The maximum atomic E-state index is 2.55. The molecule has 2 unspecified atom stereocenters. The molecule has 0 saturated carbocycles. The molecule has 0 bridgehead atoms. The van der Waals surface area contributed by atoms with Gasteiger partial charge in [0.1, 0.15) is 0 Å². The second kappa shape index (κ2) is 6.94. The molecule has 134 valence electrons. The fraction of sp³-hybridized carbons (Fsp3) is 0.542.